The fourth-order valence-electron chi connectivity index (χ4n) is 3.51. The summed E-state index contributed by atoms with van der Waals surface area (Å²) in [7, 11) is 0. The molecule has 3 aliphatic carbocycles. The second kappa shape index (κ2) is 12.5. The van der Waals surface area contributed by atoms with Gasteiger partial charge in [-0.3, -0.25) is 9.59 Å². The third-order valence-electron chi connectivity index (χ3n) is 4.21. The Morgan fingerprint density at radius 2 is 1.50 bits per heavy atom. The van der Waals surface area contributed by atoms with Gasteiger partial charge in [-0.15, -0.1) is 12.0 Å². The molecule has 0 aromatic heterocycles. The van der Waals surface area contributed by atoms with Gasteiger partial charge < -0.3 is 17.6 Å². The molecule has 1 atom stereocenters. The predicted molar refractivity (Wildman–Crippen MR) is 83.6 cm³/mol. The Hall–Kier alpha value is -0.996. The molecule has 1 unspecified atom stereocenters. The minimum atomic E-state index is -0.250. The molecule has 0 spiro atoms. The van der Waals surface area contributed by atoms with Crippen molar-refractivity contribution in [3.8, 4) is 0 Å². The van der Waals surface area contributed by atoms with Crippen molar-refractivity contribution in [1.29, 1.82) is 0 Å². The van der Waals surface area contributed by atoms with E-state index in [-0.39, 0.29) is 42.1 Å². The standard InChI is InChI=1S/C14H19.2CH2O2.CH3.Ti/c1-10-11-6-2-4-8-13(11)14-9-5-3-7-12(10)14;2*2-1-3;;/h6,10H,2-5,7-9H2,1H3;2*1H,(H,2,3);1H3;/q-1;;;-1;+2. The zero-order chi connectivity index (χ0) is 15.0. The van der Waals surface area contributed by atoms with Crippen molar-refractivity contribution in [2.45, 2.75) is 51.9 Å². The van der Waals surface area contributed by atoms with Crippen LogP contribution in [-0.2, 0) is 31.3 Å². The van der Waals surface area contributed by atoms with Crippen LogP contribution in [0.1, 0.15) is 51.9 Å². The maximum atomic E-state index is 8.36. The molecule has 0 aromatic rings. The van der Waals surface area contributed by atoms with Gasteiger partial charge in [-0.1, -0.05) is 31.8 Å². The van der Waals surface area contributed by atoms with Gasteiger partial charge >= 0.3 is 21.7 Å². The monoisotopic (exact) mass is 342 g/mol. The van der Waals surface area contributed by atoms with E-state index in [1.165, 1.54) is 44.9 Å². The Morgan fingerprint density at radius 1 is 1.00 bits per heavy atom. The number of hydrogen-bond acceptors (Lipinski definition) is 2. The topological polar surface area (TPSA) is 74.6 Å². The molecule has 2 N–H and O–H groups in total. The van der Waals surface area contributed by atoms with Gasteiger partial charge in [-0.25, -0.2) is 12.0 Å². The van der Waals surface area contributed by atoms with Gasteiger partial charge in [0.05, 0.1) is 0 Å². The molecule has 0 amide bonds. The average molecular weight is 342 g/mol. The number of fused-ring (bicyclic) bond motifs is 1. The first-order valence-corrected chi connectivity index (χ1v) is 7.15. The second-order valence-electron chi connectivity index (χ2n) is 5.17. The fourth-order valence-corrected chi connectivity index (χ4v) is 3.51. The van der Waals surface area contributed by atoms with Crippen molar-refractivity contribution in [3.63, 3.8) is 0 Å². The summed E-state index contributed by atoms with van der Waals surface area (Å²) in [6.07, 6.45) is 12.2. The quantitative estimate of drug-likeness (QED) is 0.396. The number of allylic oxidation sites excluding steroid dienone is 4. The Morgan fingerprint density at radius 3 is 2.09 bits per heavy atom. The zero-order valence-electron chi connectivity index (χ0n) is 13.5. The van der Waals surface area contributed by atoms with Crippen molar-refractivity contribution < 1.29 is 41.5 Å². The molecule has 3 rings (SSSR count). The first-order chi connectivity index (χ1) is 9.71. The third-order valence-corrected chi connectivity index (χ3v) is 4.21. The van der Waals surface area contributed by atoms with Gasteiger partial charge in [0.2, 0.25) is 0 Å². The van der Waals surface area contributed by atoms with Gasteiger partial charge in [0.25, 0.3) is 12.9 Å². The molecule has 5 heteroatoms. The summed E-state index contributed by atoms with van der Waals surface area (Å²) in [5, 5.41) is 13.8. The van der Waals surface area contributed by atoms with E-state index in [0.717, 1.165) is 5.92 Å². The van der Waals surface area contributed by atoms with E-state index in [2.05, 4.69) is 13.3 Å². The molecule has 0 aliphatic heterocycles. The van der Waals surface area contributed by atoms with Crippen LogP contribution in [0.3, 0.4) is 0 Å². The molecule has 0 heterocycles. The molecule has 0 fully saturated rings. The Bertz CT molecular complexity index is 375. The molecular weight excluding hydrogens is 316 g/mol. The van der Waals surface area contributed by atoms with Crippen molar-refractivity contribution in [2.24, 2.45) is 5.92 Å². The summed E-state index contributed by atoms with van der Waals surface area (Å²) in [4.78, 5) is 16.7. The molecule has 3 aliphatic rings. The molecular formula is C17H26O4Ti. The predicted octanol–water partition coefficient (Wildman–Crippen LogP) is 4.04. The van der Waals surface area contributed by atoms with Gasteiger partial charge in [0, 0.05) is 0 Å². The number of carbonyl (C=O) groups is 2. The molecule has 0 bridgehead atoms. The SMILES string of the molecule is CC1C2=C(CCC[CH-]2)C2=C1CCCC2.O=CO.O=CO.[CH3-].[Ti+2]. The summed E-state index contributed by atoms with van der Waals surface area (Å²) in [5.74, 6) is 0.778. The number of carboxylic acid groups (broad SMARTS) is 2. The average Bonchev–Trinajstić information content (AvgIpc) is 2.76. The van der Waals surface area contributed by atoms with Crippen molar-refractivity contribution >= 4 is 12.9 Å². The molecule has 22 heavy (non-hydrogen) atoms. The van der Waals surface area contributed by atoms with Crippen molar-refractivity contribution in [1.82, 2.24) is 0 Å². The maximum Gasteiger partial charge on any atom is 2.00 e. The fraction of sp³-hybridized carbons (Fsp3) is 0.529. The molecule has 122 valence electrons. The number of rotatable bonds is 0. The summed E-state index contributed by atoms with van der Waals surface area (Å²) in [6.45, 7) is 1.92. The van der Waals surface area contributed by atoms with Crippen LogP contribution in [0.15, 0.2) is 22.3 Å². The zero-order valence-corrected chi connectivity index (χ0v) is 15.0. The van der Waals surface area contributed by atoms with E-state index < -0.39 is 0 Å². The van der Waals surface area contributed by atoms with E-state index >= 15 is 0 Å². The largest absolute Gasteiger partial charge is 2.00 e. The Labute approximate surface area is 148 Å². The first kappa shape index (κ1) is 23.3. The minimum absolute atomic E-state index is 0. The van der Waals surface area contributed by atoms with Gasteiger partial charge in [-0.05, 0) is 25.2 Å². The van der Waals surface area contributed by atoms with Crippen LogP contribution < -0.4 is 0 Å². The Kier molecular flexibility index (Phi) is 13.3. The van der Waals surface area contributed by atoms with E-state index in [1.54, 1.807) is 22.3 Å². The van der Waals surface area contributed by atoms with Crippen LogP contribution >= 0.6 is 0 Å². The van der Waals surface area contributed by atoms with Crippen LogP contribution in [-0.4, -0.2) is 23.2 Å². The normalized spacial score (nSPS) is 21.0. The minimum Gasteiger partial charge on any atom is -0.483 e. The van der Waals surface area contributed by atoms with Crippen LogP contribution in [0.2, 0.25) is 0 Å². The van der Waals surface area contributed by atoms with Crippen LogP contribution in [0, 0.1) is 19.8 Å². The van der Waals surface area contributed by atoms with E-state index in [9.17, 15) is 0 Å². The van der Waals surface area contributed by atoms with Crippen LogP contribution in [0.4, 0.5) is 0 Å². The van der Waals surface area contributed by atoms with E-state index in [1.807, 2.05) is 0 Å². The molecule has 0 saturated heterocycles. The molecule has 0 saturated carbocycles. The van der Waals surface area contributed by atoms with E-state index in [4.69, 9.17) is 19.8 Å². The molecule has 0 radical (unpaired) electrons. The first-order valence-electron chi connectivity index (χ1n) is 7.15. The van der Waals surface area contributed by atoms with Crippen LogP contribution in [0.5, 0.6) is 0 Å². The van der Waals surface area contributed by atoms with Gasteiger partial charge in [-0.2, -0.15) is 5.57 Å². The second-order valence-corrected chi connectivity index (χ2v) is 5.17. The van der Waals surface area contributed by atoms with Gasteiger partial charge in [0.15, 0.2) is 0 Å². The summed E-state index contributed by atoms with van der Waals surface area (Å²) in [5.41, 5.74) is 7.07. The van der Waals surface area contributed by atoms with Crippen molar-refractivity contribution in [2.75, 3.05) is 0 Å². The molecule has 0 aromatic carbocycles. The summed E-state index contributed by atoms with van der Waals surface area (Å²) < 4.78 is 0. The summed E-state index contributed by atoms with van der Waals surface area (Å²) >= 11 is 0. The van der Waals surface area contributed by atoms with E-state index in [0.29, 0.717) is 0 Å². The smallest absolute Gasteiger partial charge is 0.483 e. The number of hydrogen-bond donors (Lipinski definition) is 2. The third kappa shape index (κ3) is 5.66. The maximum absolute atomic E-state index is 8.36. The van der Waals surface area contributed by atoms with Crippen molar-refractivity contribution in [3.05, 3.63) is 36.1 Å². The Balaban J connectivity index is 0. The van der Waals surface area contributed by atoms with Crippen LogP contribution in [0.25, 0.3) is 0 Å². The van der Waals surface area contributed by atoms with Gasteiger partial charge in [0.1, 0.15) is 0 Å². The molecule has 4 nitrogen and oxygen atoms in total. The summed E-state index contributed by atoms with van der Waals surface area (Å²) in [6, 6.07) is 0.